The van der Waals surface area contributed by atoms with Crippen LogP contribution in [0.3, 0.4) is 0 Å². The first-order chi connectivity index (χ1) is 14.1. The Morgan fingerprint density at radius 2 is 1.93 bits per heavy atom. The maximum Gasteiger partial charge on any atom is 0.257 e. The van der Waals surface area contributed by atoms with Gasteiger partial charge in [-0.1, -0.05) is 61.0 Å². The highest BCUT2D eigenvalue weighted by molar-refractivity contribution is 8.39. The van der Waals surface area contributed by atoms with Crippen molar-refractivity contribution in [2.24, 2.45) is 4.99 Å². The van der Waals surface area contributed by atoms with Gasteiger partial charge in [0.25, 0.3) is 5.91 Å². The predicted molar refractivity (Wildman–Crippen MR) is 118 cm³/mol. The van der Waals surface area contributed by atoms with E-state index >= 15 is 0 Å². The number of thioether (sulfide) groups is 2. The molecule has 1 saturated carbocycles. The molecule has 29 heavy (non-hydrogen) atoms. The molecule has 6 nitrogen and oxygen atoms in total. The van der Waals surface area contributed by atoms with Gasteiger partial charge in [-0.25, -0.2) is 4.90 Å². The first-order valence-electron chi connectivity index (χ1n) is 10.2. The summed E-state index contributed by atoms with van der Waals surface area (Å²) in [6.45, 7) is 0.801. The second-order valence-electron chi connectivity index (χ2n) is 7.50. The van der Waals surface area contributed by atoms with E-state index in [1.807, 2.05) is 18.2 Å². The molecule has 8 heteroatoms. The van der Waals surface area contributed by atoms with Crippen LogP contribution in [0.4, 0.5) is 5.69 Å². The maximum absolute atomic E-state index is 13.2. The normalized spacial score (nSPS) is 22.8. The third-order valence-corrected chi connectivity index (χ3v) is 7.84. The van der Waals surface area contributed by atoms with Crippen LogP contribution in [0.2, 0.25) is 0 Å². The monoisotopic (exact) mass is 431 g/mol. The lowest BCUT2D eigenvalue weighted by Gasteiger charge is -2.37. The smallest absolute Gasteiger partial charge is 0.257 e. The van der Waals surface area contributed by atoms with Crippen molar-refractivity contribution < 1.29 is 14.4 Å². The molecule has 2 aliphatic heterocycles. The molecule has 3 amide bonds. The number of amides is 3. The number of rotatable bonds is 5. The SMILES string of the molecule is O=C1CC(N(C(=O)CSC2=NCCS2)C2CCCCC2)C(=O)N1c1ccccc1. The molecule has 2 heterocycles. The van der Waals surface area contributed by atoms with Crippen molar-refractivity contribution >= 4 is 51.3 Å². The molecule has 0 N–H and O–H groups in total. The minimum absolute atomic E-state index is 0.0347. The molecule has 0 radical (unpaired) electrons. The topological polar surface area (TPSA) is 70.0 Å². The Bertz CT molecular complexity index is 809. The van der Waals surface area contributed by atoms with Gasteiger partial charge >= 0.3 is 0 Å². The summed E-state index contributed by atoms with van der Waals surface area (Å²) in [7, 11) is 0. The van der Waals surface area contributed by atoms with Gasteiger partial charge in [0, 0.05) is 11.8 Å². The second kappa shape index (κ2) is 9.34. The fraction of sp³-hybridized carbons (Fsp3) is 0.524. The Morgan fingerprint density at radius 1 is 1.17 bits per heavy atom. The summed E-state index contributed by atoms with van der Waals surface area (Å²) in [5.74, 6) is 0.662. The molecule has 0 bridgehead atoms. The molecule has 0 aromatic heterocycles. The summed E-state index contributed by atoms with van der Waals surface area (Å²) in [5, 5.41) is 0. The van der Waals surface area contributed by atoms with Crippen molar-refractivity contribution in [3.8, 4) is 0 Å². The summed E-state index contributed by atoms with van der Waals surface area (Å²) < 4.78 is 0.946. The lowest BCUT2D eigenvalue weighted by molar-refractivity contribution is -0.139. The van der Waals surface area contributed by atoms with Crippen LogP contribution in [0, 0.1) is 0 Å². The first kappa shape index (κ1) is 20.5. The van der Waals surface area contributed by atoms with E-state index in [0.717, 1.165) is 48.8 Å². The zero-order chi connectivity index (χ0) is 20.2. The predicted octanol–water partition coefficient (Wildman–Crippen LogP) is 3.32. The van der Waals surface area contributed by atoms with E-state index < -0.39 is 6.04 Å². The fourth-order valence-corrected chi connectivity index (χ4v) is 6.15. The summed E-state index contributed by atoms with van der Waals surface area (Å²) in [4.78, 5) is 46.6. The Labute approximate surface area is 179 Å². The molecular weight excluding hydrogens is 406 g/mol. The van der Waals surface area contributed by atoms with Crippen LogP contribution in [-0.4, -0.2) is 57.1 Å². The molecule has 1 aliphatic carbocycles. The van der Waals surface area contributed by atoms with Gasteiger partial charge in [-0.15, -0.1) is 0 Å². The molecule has 1 aromatic rings. The third kappa shape index (κ3) is 4.53. The lowest BCUT2D eigenvalue weighted by atomic mass is 9.92. The largest absolute Gasteiger partial charge is 0.326 e. The standard InChI is InChI=1S/C21H25N3O3S2/c25-18-13-17(20(27)24(18)16-9-5-2-6-10-16)23(15-7-3-1-4-8-15)19(26)14-29-21-22-11-12-28-21/h2,5-6,9-10,15,17H,1,3-4,7-8,11-14H2. The zero-order valence-corrected chi connectivity index (χ0v) is 17.9. The molecule has 0 spiro atoms. The van der Waals surface area contributed by atoms with Gasteiger partial charge in [-0.3, -0.25) is 19.4 Å². The van der Waals surface area contributed by atoms with Gasteiger partial charge in [0.1, 0.15) is 10.4 Å². The van der Waals surface area contributed by atoms with Crippen molar-refractivity contribution in [1.82, 2.24) is 4.90 Å². The summed E-state index contributed by atoms with van der Waals surface area (Å²) in [6.07, 6.45) is 5.14. The number of carbonyl (C=O) groups excluding carboxylic acids is 3. The number of nitrogens with zero attached hydrogens (tertiary/aromatic N) is 3. The van der Waals surface area contributed by atoms with Gasteiger partial charge in [0.2, 0.25) is 11.8 Å². The Balaban J connectivity index is 1.54. The third-order valence-electron chi connectivity index (χ3n) is 5.61. The number of hydrogen-bond acceptors (Lipinski definition) is 6. The van der Waals surface area contributed by atoms with Crippen LogP contribution in [-0.2, 0) is 14.4 Å². The van der Waals surface area contributed by atoms with Crippen LogP contribution < -0.4 is 4.90 Å². The van der Waals surface area contributed by atoms with Gasteiger partial charge in [0.05, 0.1) is 24.4 Å². The van der Waals surface area contributed by atoms with E-state index in [0.29, 0.717) is 5.69 Å². The Kier molecular flexibility index (Phi) is 6.60. The number of carbonyl (C=O) groups is 3. The highest BCUT2D eigenvalue weighted by Gasteiger charge is 2.46. The average Bonchev–Trinajstić information content (AvgIpc) is 3.36. The van der Waals surface area contributed by atoms with Crippen LogP contribution in [0.1, 0.15) is 38.5 Å². The number of anilines is 1. The maximum atomic E-state index is 13.2. The number of para-hydroxylation sites is 1. The minimum atomic E-state index is -0.697. The van der Waals surface area contributed by atoms with E-state index in [1.54, 1.807) is 28.8 Å². The van der Waals surface area contributed by atoms with E-state index in [1.165, 1.54) is 16.7 Å². The van der Waals surface area contributed by atoms with E-state index in [9.17, 15) is 14.4 Å². The van der Waals surface area contributed by atoms with Gasteiger partial charge in [-0.2, -0.15) is 0 Å². The number of aliphatic imine (C=N–C) groups is 1. The molecule has 154 valence electrons. The summed E-state index contributed by atoms with van der Waals surface area (Å²) in [5.41, 5.74) is 0.576. The van der Waals surface area contributed by atoms with Crippen molar-refractivity contribution in [3.63, 3.8) is 0 Å². The lowest BCUT2D eigenvalue weighted by Crippen LogP contribution is -2.52. The highest BCUT2D eigenvalue weighted by atomic mass is 32.2. The second-order valence-corrected chi connectivity index (χ2v) is 9.81. The van der Waals surface area contributed by atoms with Crippen molar-refractivity contribution in [3.05, 3.63) is 30.3 Å². The fourth-order valence-electron chi connectivity index (χ4n) is 4.27. The zero-order valence-electron chi connectivity index (χ0n) is 16.3. The van der Waals surface area contributed by atoms with Crippen LogP contribution in [0.15, 0.2) is 35.3 Å². The summed E-state index contributed by atoms with van der Waals surface area (Å²) >= 11 is 3.13. The van der Waals surface area contributed by atoms with Gasteiger partial charge < -0.3 is 4.90 Å². The van der Waals surface area contributed by atoms with E-state index in [-0.39, 0.29) is 35.9 Å². The Hall–Kier alpha value is -1.80. The van der Waals surface area contributed by atoms with Crippen molar-refractivity contribution in [2.75, 3.05) is 23.0 Å². The summed E-state index contributed by atoms with van der Waals surface area (Å²) in [6, 6.07) is 8.33. The molecule has 3 aliphatic rings. The quantitative estimate of drug-likeness (QED) is 0.669. The van der Waals surface area contributed by atoms with Crippen molar-refractivity contribution in [1.29, 1.82) is 0 Å². The van der Waals surface area contributed by atoms with Crippen LogP contribution >= 0.6 is 23.5 Å². The number of benzene rings is 1. The number of hydrogen-bond donors (Lipinski definition) is 0. The Morgan fingerprint density at radius 3 is 2.62 bits per heavy atom. The molecule has 1 unspecified atom stereocenters. The molecule has 1 saturated heterocycles. The molecular formula is C21H25N3O3S2. The van der Waals surface area contributed by atoms with E-state index in [4.69, 9.17) is 0 Å². The molecule has 4 rings (SSSR count). The van der Waals surface area contributed by atoms with Crippen molar-refractivity contribution in [2.45, 2.75) is 50.6 Å². The molecule has 1 aromatic carbocycles. The highest BCUT2D eigenvalue weighted by Crippen LogP contribution is 2.32. The minimum Gasteiger partial charge on any atom is -0.326 e. The molecule has 1 atom stereocenters. The first-order valence-corrected chi connectivity index (χ1v) is 12.2. The van der Waals surface area contributed by atoms with E-state index in [2.05, 4.69) is 4.99 Å². The number of imide groups is 1. The van der Waals surface area contributed by atoms with Crippen LogP contribution in [0.25, 0.3) is 0 Å². The van der Waals surface area contributed by atoms with Crippen LogP contribution in [0.5, 0.6) is 0 Å². The van der Waals surface area contributed by atoms with Gasteiger partial charge in [0.15, 0.2) is 0 Å². The average molecular weight is 432 g/mol. The van der Waals surface area contributed by atoms with Gasteiger partial charge in [-0.05, 0) is 25.0 Å². The molecule has 2 fully saturated rings.